The Balaban J connectivity index is 1.71. The molecule has 0 fully saturated rings. The number of carbonyl (C=O) groups is 1. The van der Waals surface area contributed by atoms with Gasteiger partial charge in [0.25, 0.3) is 5.91 Å². The molecule has 1 aliphatic rings. The fraction of sp³-hybridized carbons (Fsp3) is 0.188. The number of carbonyl (C=O) groups excluding carboxylic acids is 1. The first-order valence-electron chi connectivity index (χ1n) is 6.71. The number of benzene rings is 2. The molecule has 3 rings (SSSR count). The number of nitrogens with zero attached hydrogens (tertiary/aromatic N) is 1. The molecule has 0 saturated heterocycles. The number of hydrogen-bond acceptors (Lipinski definition) is 3. The molecule has 2 aromatic rings. The van der Waals surface area contributed by atoms with E-state index in [-0.39, 0.29) is 18.3 Å². The number of nitrogen functional groups attached to an aromatic ring is 1. The lowest BCUT2D eigenvalue weighted by molar-refractivity contribution is -0.120. The predicted molar refractivity (Wildman–Crippen MR) is 78.8 cm³/mol. The monoisotopic (exact) mass is 286 g/mol. The number of halogens is 1. The lowest BCUT2D eigenvalue weighted by Gasteiger charge is -2.18. The van der Waals surface area contributed by atoms with E-state index < -0.39 is 0 Å². The van der Waals surface area contributed by atoms with Gasteiger partial charge >= 0.3 is 0 Å². The topological polar surface area (TPSA) is 55.6 Å². The largest absolute Gasteiger partial charge is 0.482 e. The van der Waals surface area contributed by atoms with Gasteiger partial charge in [-0.2, -0.15) is 0 Å². The first kappa shape index (κ1) is 13.4. The van der Waals surface area contributed by atoms with Crippen molar-refractivity contribution in [1.82, 2.24) is 0 Å². The van der Waals surface area contributed by atoms with Crippen LogP contribution in [0, 0.1) is 5.82 Å². The Hall–Kier alpha value is -2.56. The van der Waals surface area contributed by atoms with Gasteiger partial charge in [0.15, 0.2) is 6.61 Å². The lowest BCUT2D eigenvalue weighted by Crippen LogP contribution is -2.33. The quantitative estimate of drug-likeness (QED) is 0.881. The molecule has 0 aromatic heterocycles. The maximum atomic E-state index is 13.3. The van der Waals surface area contributed by atoms with Crippen LogP contribution in [0.3, 0.4) is 0 Å². The average molecular weight is 286 g/mol. The van der Waals surface area contributed by atoms with E-state index in [0.717, 1.165) is 12.0 Å². The van der Waals surface area contributed by atoms with Gasteiger partial charge in [-0.3, -0.25) is 4.79 Å². The summed E-state index contributed by atoms with van der Waals surface area (Å²) in [5.41, 5.74) is 7.85. The zero-order chi connectivity index (χ0) is 14.8. The molecule has 0 radical (unpaired) electrons. The van der Waals surface area contributed by atoms with Crippen LogP contribution in [0.15, 0.2) is 42.5 Å². The minimum absolute atomic E-state index is 0.121. The second-order valence-corrected chi connectivity index (χ2v) is 4.89. The van der Waals surface area contributed by atoms with E-state index in [1.807, 2.05) is 0 Å². The third-order valence-electron chi connectivity index (χ3n) is 3.51. The fourth-order valence-corrected chi connectivity index (χ4v) is 2.44. The number of nitrogens with two attached hydrogens (primary N) is 1. The van der Waals surface area contributed by atoms with Gasteiger partial charge in [-0.15, -0.1) is 0 Å². The van der Waals surface area contributed by atoms with Crippen molar-refractivity contribution in [2.75, 3.05) is 23.8 Å². The molecule has 0 saturated carbocycles. The maximum Gasteiger partial charge on any atom is 0.264 e. The highest BCUT2D eigenvalue weighted by Crippen LogP contribution is 2.29. The highest BCUT2D eigenvalue weighted by molar-refractivity contribution is 5.96. The smallest absolute Gasteiger partial charge is 0.264 e. The van der Waals surface area contributed by atoms with Gasteiger partial charge in [-0.05, 0) is 36.2 Å². The van der Waals surface area contributed by atoms with Gasteiger partial charge in [0, 0.05) is 12.2 Å². The zero-order valence-corrected chi connectivity index (χ0v) is 11.4. The Morgan fingerprint density at radius 1 is 1.29 bits per heavy atom. The van der Waals surface area contributed by atoms with Gasteiger partial charge in [0.1, 0.15) is 11.6 Å². The van der Waals surface area contributed by atoms with Gasteiger partial charge < -0.3 is 15.4 Å². The molecular formula is C16H15FN2O2. The number of fused-ring (bicyclic) bond motifs is 1. The van der Waals surface area contributed by atoms with Crippen molar-refractivity contribution in [2.45, 2.75) is 6.42 Å². The summed E-state index contributed by atoms with van der Waals surface area (Å²) in [7, 11) is 0. The van der Waals surface area contributed by atoms with Crippen LogP contribution >= 0.6 is 0 Å². The van der Waals surface area contributed by atoms with Crippen molar-refractivity contribution >= 4 is 17.3 Å². The van der Waals surface area contributed by atoms with Crippen molar-refractivity contribution in [1.29, 1.82) is 0 Å². The standard InChI is InChI=1S/C16H15FN2O2/c17-12-6-5-11-7-8-19(14(11)9-12)16(20)10-21-15-4-2-1-3-13(15)18/h1-6,9H,7-8,10,18H2. The van der Waals surface area contributed by atoms with E-state index in [1.165, 1.54) is 12.1 Å². The summed E-state index contributed by atoms with van der Waals surface area (Å²) in [4.78, 5) is 13.8. The molecule has 1 amide bonds. The summed E-state index contributed by atoms with van der Waals surface area (Å²) in [6, 6.07) is 11.5. The number of anilines is 2. The minimum atomic E-state index is -0.346. The molecule has 1 aliphatic heterocycles. The summed E-state index contributed by atoms with van der Waals surface area (Å²) in [6.07, 6.45) is 0.731. The lowest BCUT2D eigenvalue weighted by atomic mass is 10.2. The molecule has 0 spiro atoms. The van der Waals surface area contributed by atoms with Crippen LogP contribution in [0.1, 0.15) is 5.56 Å². The molecule has 0 atom stereocenters. The molecule has 21 heavy (non-hydrogen) atoms. The third kappa shape index (κ3) is 2.67. The Morgan fingerprint density at radius 2 is 2.10 bits per heavy atom. The molecule has 0 bridgehead atoms. The summed E-state index contributed by atoms with van der Waals surface area (Å²) in [5.74, 6) is -0.0752. The Kier molecular flexibility index (Phi) is 3.48. The summed E-state index contributed by atoms with van der Waals surface area (Å²) < 4.78 is 18.8. The normalized spacial score (nSPS) is 13.1. The second kappa shape index (κ2) is 5.44. The van der Waals surface area contributed by atoms with E-state index in [1.54, 1.807) is 35.2 Å². The molecule has 1 heterocycles. The highest BCUT2D eigenvalue weighted by atomic mass is 19.1. The van der Waals surface area contributed by atoms with Crippen LogP contribution in [0.2, 0.25) is 0 Å². The van der Waals surface area contributed by atoms with Crippen molar-refractivity contribution in [3.63, 3.8) is 0 Å². The molecule has 5 heteroatoms. The molecular weight excluding hydrogens is 271 g/mol. The van der Waals surface area contributed by atoms with E-state index in [0.29, 0.717) is 23.7 Å². The van der Waals surface area contributed by atoms with Gasteiger partial charge in [0.2, 0.25) is 0 Å². The molecule has 2 N–H and O–H groups in total. The Bertz CT molecular complexity index is 688. The Labute approximate surface area is 121 Å². The minimum Gasteiger partial charge on any atom is -0.482 e. The number of hydrogen-bond donors (Lipinski definition) is 1. The van der Waals surface area contributed by atoms with Crippen LogP contribution in [-0.4, -0.2) is 19.1 Å². The first-order valence-corrected chi connectivity index (χ1v) is 6.71. The van der Waals surface area contributed by atoms with Gasteiger partial charge in [-0.25, -0.2) is 4.39 Å². The van der Waals surface area contributed by atoms with E-state index in [2.05, 4.69) is 0 Å². The molecule has 108 valence electrons. The molecule has 0 unspecified atom stereocenters. The number of rotatable bonds is 3. The van der Waals surface area contributed by atoms with Crippen molar-refractivity contribution in [3.8, 4) is 5.75 Å². The van der Waals surface area contributed by atoms with Crippen molar-refractivity contribution in [2.24, 2.45) is 0 Å². The van der Waals surface area contributed by atoms with E-state index in [4.69, 9.17) is 10.5 Å². The molecule has 0 aliphatic carbocycles. The second-order valence-electron chi connectivity index (χ2n) is 4.89. The fourth-order valence-electron chi connectivity index (χ4n) is 2.44. The van der Waals surface area contributed by atoms with Crippen molar-refractivity contribution < 1.29 is 13.9 Å². The van der Waals surface area contributed by atoms with Crippen LogP contribution < -0.4 is 15.4 Å². The number of ether oxygens (including phenoxy) is 1. The maximum absolute atomic E-state index is 13.3. The van der Waals surface area contributed by atoms with Crippen LogP contribution in [0.25, 0.3) is 0 Å². The molecule has 2 aromatic carbocycles. The highest BCUT2D eigenvalue weighted by Gasteiger charge is 2.25. The summed E-state index contributed by atoms with van der Waals surface area (Å²) >= 11 is 0. The van der Waals surface area contributed by atoms with Crippen molar-refractivity contribution in [3.05, 3.63) is 53.8 Å². The Morgan fingerprint density at radius 3 is 2.90 bits per heavy atom. The van der Waals surface area contributed by atoms with Gasteiger partial charge in [0.05, 0.1) is 5.69 Å². The van der Waals surface area contributed by atoms with Gasteiger partial charge in [-0.1, -0.05) is 18.2 Å². The zero-order valence-electron chi connectivity index (χ0n) is 11.4. The molecule has 4 nitrogen and oxygen atoms in total. The SMILES string of the molecule is Nc1ccccc1OCC(=O)N1CCc2ccc(F)cc21. The first-order chi connectivity index (χ1) is 10.1. The van der Waals surface area contributed by atoms with Crippen LogP contribution in [0.4, 0.5) is 15.8 Å². The number of para-hydroxylation sites is 2. The number of amides is 1. The predicted octanol–water partition coefficient (Wildman–Crippen LogP) is 2.38. The van der Waals surface area contributed by atoms with Crippen LogP contribution in [0.5, 0.6) is 5.75 Å². The van der Waals surface area contributed by atoms with E-state index in [9.17, 15) is 9.18 Å². The summed E-state index contributed by atoms with van der Waals surface area (Å²) in [5, 5.41) is 0. The third-order valence-corrected chi connectivity index (χ3v) is 3.51. The van der Waals surface area contributed by atoms with Crippen LogP contribution in [-0.2, 0) is 11.2 Å². The van der Waals surface area contributed by atoms with E-state index >= 15 is 0 Å². The summed E-state index contributed by atoms with van der Waals surface area (Å²) in [6.45, 7) is 0.426. The average Bonchev–Trinajstić information content (AvgIpc) is 2.89.